The zero-order chi connectivity index (χ0) is 7.56. The predicted octanol–water partition coefficient (Wildman–Crippen LogP) is 0.304. The third-order valence-electron chi connectivity index (χ3n) is 0.940. The minimum atomic E-state index is -0.453. The Morgan fingerprint density at radius 2 is 2.40 bits per heavy atom. The summed E-state index contributed by atoms with van der Waals surface area (Å²) in [5, 5.41) is 8.29. The van der Waals surface area contributed by atoms with E-state index < -0.39 is 5.56 Å². The first-order chi connectivity index (χ1) is 4.74. The highest BCUT2D eigenvalue weighted by molar-refractivity contribution is 7.71. The molecule has 0 spiro atoms. The summed E-state index contributed by atoms with van der Waals surface area (Å²) < 4.78 is 0.226. The summed E-state index contributed by atoms with van der Waals surface area (Å²) in [7, 11) is 0. The second-order valence-corrected chi connectivity index (χ2v) is 2.01. The minimum Gasteiger partial charge on any atom is -0.337 e. The molecule has 0 aliphatic carbocycles. The number of nitriles is 1. The number of H-pyrrole nitrogens is 2. The molecule has 1 heterocycles. The molecule has 0 radical (unpaired) electrons. The summed E-state index contributed by atoms with van der Waals surface area (Å²) >= 11 is 4.59. The van der Waals surface area contributed by atoms with Gasteiger partial charge < -0.3 is 4.98 Å². The predicted molar refractivity (Wildman–Crippen MR) is 37.0 cm³/mol. The maximum absolute atomic E-state index is 10.7. The average molecular weight is 153 g/mol. The third kappa shape index (κ3) is 1.11. The van der Waals surface area contributed by atoms with Crippen molar-refractivity contribution in [3.63, 3.8) is 0 Å². The van der Waals surface area contributed by atoms with E-state index in [1.807, 2.05) is 0 Å². The number of aromatic nitrogens is 2. The largest absolute Gasteiger partial charge is 0.337 e. The van der Waals surface area contributed by atoms with Gasteiger partial charge >= 0.3 is 0 Å². The Morgan fingerprint density at radius 1 is 1.70 bits per heavy atom. The Balaban J connectivity index is 3.53. The van der Waals surface area contributed by atoms with Gasteiger partial charge in [0.05, 0.1) is 0 Å². The molecular weight excluding hydrogens is 150 g/mol. The van der Waals surface area contributed by atoms with Crippen molar-refractivity contribution in [2.45, 2.75) is 0 Å². The molecule has 10 heavy (non-hydrogen) atoms. The first-order valence-electron chi connectivity index (χ1n) is 2.46. The fraction of sp³-hybridized carbons (Fsp3) is 0. The van der Waals surface area contributed by atoms with E-state index in [4.69, 9.17) is 5.26 Å². The SMILES string of the molecule is N#Cc1c[nH]c(=S)[nH]c1=O. The molecule has 0 atom stereocenters. The van der Waals surface area contributed by atoms with E-state index in [0.29, 0.717) is 0 Å². The van der Waals surface area contributed by atoms with E-state index in [2.05, 4.69) is 22.2 Å². The minimum absolute atomic E-state index is 0.0357. The molecule has 0 saturated heterocycles. The normalized spacial score (nSPS) is 8.70. The first kappa shape index (κ1) is 6.71. The molecule has 1 aromatic heterocycles. The van der Waals surface area contributed by atoms with Gasteiger partial charge in [0.15, 0.2) is 4.77 Å². The van der Waals surface area contributed by atoms with Crippen LogP contribution >= 0.6 is 12.2 Å². The molecule has 0 aromatic carbocycles. The van der Waals surface area contributed by atoms with E-state index in [9.17, 15) is 4.79 Å². The van der Waals surface area contributed by atoms with Crippen molar-refractivity contribution in [2.24, 2.45) is 0 Å². The lowest BCUT2D eigenvalue weighted by molar-refractivity contribution is 1.07. The van der Waals surface area contributed by atoms with Crippen LogP contribution in [0.1, 0.15) is 5.56 Å². The summed E-state index contributed by atoms with van der Waals surface area (Å²) in [4.78, 5) is 15.5. The highest BCUT2D eigenvalue weighted by atomic mass is 32.1. The second-order valence-electron chi connectivity index (χ2n) is 1.60. The molecule has 0 fully saturated rings. The fourth-order valence-electron chi connectivity index (χ4n) is 0.493. The van der Waals surface area contributed by atoms with Crippen molar-refractivity contribution in [2.75, 3.05) is 0 Å². The topological polar surface area (TPSA) is 72.4 Å². The lowest BCUT2D eigenvalue weighted by atomic mass is 10.4. The molecule has 0 aliphatic heterocycles. The van der Waals surface area contributed by atoms with Crippen LogP contribution in [-0.4, -0.2) is 9.97 Å². The quantitative estimate of drug-likeness (QED) is 0.526. The lowest BCUT2D eigenvalue weighted by Gasteiger charge is -1.84. The molecule has 2 N–H and O–H groups in total. The number of hydrogen-bond acceptors (Lipinski definition) is 3. The van der Waals surface area contributed by atoms with Gasteiger partial charge in [-0.3, -0.25) is 9.78 Å². The molecule has 0 bridgehead atoms. The van der Waals surface area contributed by atoms with Crippen LogP contribution in [0.5, 0.6) is 0 Å². The van der Waals surface area contributed by atoms with Crippen LogP contribution < -0.4 is 5.56 Å². The average Bonchev–Trinajstić information content (AvgIpc) is 1.88. The van der Waals surface area contributed by atoms with Gasteiger partial charge in [0, 0.05) is 6.20 Å². The Hall–Kier alpha value is -1.41. The van der Waals surface area contributed by atoms with Gasteiger partial charge in [-0.25, -0.2) is 0 Å². The van der Waals surface area contributed by atoms with E-state index >= 15 is 0 Å². The highest BCUT2D eigenvalue weighted by Crippen LogP contribution is 1.80. The molecule has 0 aliphatic rings. The Bertz CT molecular complexity index is 383. The number of rotatable bonds is 0. The van der Waals surface area contributed by atoms with Crippen molar-refractivity contribution in [3.05, 3.63) is 26.9 Å². The fourth-order valence-corrected chi connectivity index (χ4v) is 0.644. The summed E-state index contributed by atoms with van der Waals surface area (Å²) in [5.74, 6) is 0. The van der Waals surface area contributed by atoms with E-state index in [-0.39, 0.29) is 10.3 Å². The number of nitrogens with zero attached hydrogens (tertiary/aromatic N) is 1. The lowest BCUT2D eigenvalue weighted by Crippen LogP contribution is -2.10. The van der Waals surface area contributed by atoms with E-state index in [0.717, 1.165) is 0 Å². The Labute approximate surface area is 61.1 Å². The molecule has 50 valence electrons. The molecule has 5 heteroatoms. The van der Waals surface area contributed by atoms with Crippen molar-refractivity contribution >= 4 is 12.2 Å². The molecule has 1 rings (SSSR count). The van der Waals surface area contributed by atoms with Gasteiger partial charge in [-0.15, -0.1) is 0 Å². The molecule has 4 nitrogen and oxygen atoms in total. The van der Waals surface area contributed by atoms with Crippen LogP contribution in [0.25, 0.3) is 0 Å². The number of nitrogens with one attached hydrogen (secondary N) is 2. The van der Waals surface area contributed by atoms with Crippen LogP contribution in [0.15, 0.2) is 11.0 Å². The van der Waals surface area contributed by atoms with E-state index in [1.54, 1.807) is 6.07 Å². The maximum atomic E-state index is 10.7. The van der Waals surface area contributed by atoms with Crippen molar-refractivity contribution in [3.8, 4) is 6.07 Å². The molecule has 0 amide bonds. The summed E-state index contributed by atoms with van der Waals surface area (Å²) in [6.07, 6.45) is 1.28. The maximum Gasteiger partial charge on any atom is 0.269 e. The number of aromatic amines is 2. The third-order valence-corrected chi connectivity index (χ3v) is 1.16. The van der Waals surface area contributed by atoms with Crippen LogP contribution in [0.3, 0.4) is 0 Å². The van der Waals surface area contributed by atoms with Crippen LogP contribution in [0, 0.1) is 16.1 Å². The van der Waals surface area contributed by atoms with Crippen LogP contribution in [0.4, 0.5) is 0 Å². The standard InChI is InChI=1S/C5H3N3OS/c6-1-3-2-7-5(10)8-4(3)9/h2H,(H2,7,8,9,10). The number of hydrogen-bond donors (Lipinski definition) is 2. The molecule has 0 saturated carbocycles. The van der Waals surface area contributed by atoms with Gasteiger partial charge in [0.2, 0.25) is 0 Å². The van der Waals surface area contributed by atoms with Gasteiger partial charge in [0.1, 0.15) is 11.6 Å². The Morgan fingerprint density at radius 3 is 2.90 bits per heavy atom. The molecule has 1 aromatic rings. The zero-order valence-electron chi connectivity index (χ0n) is 4.84. The Kier molecular flexibility index (Phi) is 1.65. The van der Waals surface area contributed by atoms with Crippen LogP contribution in [-0.2, 0) is 0 Å². The van der Waals surface area contributed by atoms with E-state index in [1.165, 1.54) is 6.20 Å². The first-order valence-corrected chi connectivity index (χ1v) is 2.87. The van der Waals surface area contributed by atoms with Gasteiger partial charge in [0.25, 0.3) is 5.56 Å². The smallest absolute Gasteiger partial charge is 0.269 e. The summed E-state index contributed by atoms with van der Waals surface area (Å²) in [6.45, 7) is 0. The second kappa shape index (κ2) is 2.45. The van der Waals surface area contributed by atoms with Crippen LogP contribution in [0.2, 0.25) is 0 Å². The molecular formula is C5H3N3OS. The summed E-state index contributed by atoms with van der Waals surface area (Å²) in [6, 6.07) is 1.70. The highest BCUT2D eigenvalue weighted by Gasteiger charge is 1.93. The van der Waals surface area contributed by atoms with Crippen molar-refractivity contribution < 1.29 is 0 Å². The zero-order valence-corrected chi connectivity index (χ0v) is 5.66. The van der Waals surface area contributed by atoms with Gasteiger partial charge in [-0.2, -0.15) is 5.26 Å². The van der Waals surface area contributed by atoms with Crippen molar-refractivity contribution in [1.82, 2.24) is 9.97 Å². The van der Waals surface area contributed by atoms with Crippen molar-refractivity contribution in [1.29, 1.82) is 5.26 Å². The molecule has 0 unspecified atom stereocenters. The van der Waals surface area contributed by atoms with Gasteiger partial charge in [-0.05, 0) is 12.2 Å². The van der Waals surface area contributed by atoms with Gasteiger partial charge in [-0.1, -0.05) is 0 Å². The summed E-state index contributed by atoms with van der Waals surface area (Å²) in [5.41, 5.74) is -0.417. The monoisotopic (exact) mass is 153 g/mol.